The molecule has 182 valence electrons. The van der Waals surface area contributed by atoms with Crippen LogP contribution in [0.15, 0.2) is 89.4 Å². The molecule has 5 nitrogen and oxygen atoms in total. The molecule has 5 rings (SSSR count). The first-order valence-electron chi connectivity index (χ1n) is 11.7. The molecule has 36 heavy (non-hydrogen) atoms. The first-order chi connectivity index (χ1) is 17.5. The lowest BCUT2D eigenvalue weighted by Gasteiger charge is -2.33. The van der Waals surface area contributed by atoms with Gasteiger partial charge in [-0.15, -0.1) is 0 Å². The smallest absolute Gasteiger partial charge is 0.250 e. The number of carbonyl (C=O) groups excluding carboxylic acids is 1. The van der Waals surface area contributed by atoms with Crippen LogP contribution < -0.4 is 10.5 Å². The van der Waals surface area contributed by atoms with Crippen LogP contribution in [0.3, 0.4) is 0 Å². The molecule has 0 aliphatic carbocycles. The number of primary amides is 1. The molecular weight excluding hydrogens is 582 g/mol. The van der Waals surface area contributed by atoms with Crippen molar-refractivity contribution in [1.82, 2.24) is 9.88 Å². The molecule has 1 unspecified atom stereocenters. The van der Waals surface area contributed by atoms with Crippen molar-refractivity contribution >= 4 is 37.8 Å². The average molecular weight is 607 g/mol. The van der Waals surface area contributed by atoms with Crippen molar-refractivity contribution in [2.45, 2.75) is 24.3 Å². The highest BCUT2D eigenvalue weighted by Crippen LogP contribution is 2.34. The number of hydrogen-bond acceptors (Lipinski definition) is 4. The molecule has 0 saturated carbocycles. The Morgan fingerprint density at radius 3 is 2.61 bits per heavy atom. The highest BCUT2D eigenvalue weighted by molar-refractivity contribution is 9.10. The van der Waals surface area contributed by atoms with E-state index in [9.17, 15) is 4.79 Å². The minimum absolute atomic E-state index is 0.180. The maximum absolute atomic E-state index is 12.0. The summed E-state index contributed by atoms with van der Waals surface area (Å²) in [4.78, 5) is 19.2. The van der Waals surface area contributed by atoms with Crippen LogP contribution in [0.1, 0.15) is 43.3 Å². The highest BCUT2D eigenvalue weighted by Gasteiger charge is 2.23. The first-order valence-corrected chi connectivity index (χ1v) is 13.4. The van der Waals surface area contributed by atoms with Gasteiger partial charge in [0.25, 0.3) is 5.91 Å². The van der Waals surface area contributed by atoms with E-state index in [4.69, 9.17) is 10.5 Å². The number of aromatic nitrogens is 1. The summed E-state index contributed by atoms with van der Waals surface area (Å²) in [5.41, 5.74) is 11.5. The number of alkyl halides is 1. The summed E-state index contributed by atoms with van der Waals surface area (Å²) in [5.74, 6) is 0.665. The Balaban J connectivity index is 1.33. The normalized spacial score (nSPS) is 14.2. The van der Waals surface area contributed by atoms with Gasteiger partial charge in [0.1, 0.15) is 5.75 Å². The number of nitrogens with zero attached hydrogens (tertiary/aromatic N) is 2. The van der Waals surface area contributed by atoms with Gasteiger partial charge in [-0.3, -0.25) is 9.69 Å². The molecule has 0 bridgehead atoms. The van der Waals surface area contributed by atoms with Gasteiger partial charge < -0.3 is 10.5 Å². The van der Waals surface area contributed by atoms with Gasteiger partial charge in [-0.05, 0) is 59.0 Å². The summed E-state index contributed by atoms with van der Waals surface area (Å²) >= 11 is 7.36. The predicted octanol–water partition coefficient (Wildman–Crippen LogP) is 6.78. The molecule has 1 amide bonds. The van der Waals surface area contributed by atoms with Crippen molar-refractivity contribution in [3.05, 3.63) is 123 Å². The van der Waals surface area contributed by atoms with E-state index < -0.39 is 5.91 Å². The van der Waals surface area contributed by atoms with Gasteiger partial charge in [0.05, 0.1) is 16.2 Å². The molecule has 2 heterocycles. The summed E-state index contributed by atoms with van der Waals surface area (Å²) in [6.07, 6.45) is 1.41. The number of amides is 1. The average Bonchev–Trinajstić information content (AvgIpc) is 2.88. The quantitative estimate of drug-likeness (QED) is 0.186. The fourth-order valence-corrected chi connectivity index (χ4v) is 5.59. The van der Waals surface area contributed by atoms with E-state index in [1.54, 1.807) is 12.1 Å². The molecule has 1 aliphatic heterocycles. The van der Waals surface area contributed by atoms with Crippen LogP contribution in [0.5, 0.6) is 11.6 Å². The van der Waals surface area contributed by atoms with Crippen molar-refractivity contribution < 1.29 is 9.53 Å². The van der Waals surface area contributed by atoms with E-state index >= 15 is 0 Å². The Bertz CT molecular complexity index is 1390. The summed E-state index contributed by atoms with van der Waals surface area (Å²) in [6, 6.07) is 28.0. The van der Waals surface area contributed by atoms with Crippen molar-refractivity contribution in [2.75, 3.05) is 6.54 Å². The first kappa shape index (κ1) is 24.7. The number of pyridine rings is 1. The maximum Gasteiger partial charge on any atom is 0.250 e. The number of hydrogen-bond donors (Lipinski definition) is 1. The van der Waals surface area contributed by atoms with E-state index in [0.29, 0.717) is 23.6 Å². The van der Waals surface area contributed by atoms with Crippen LogP contribution in [0.4, 0.5) is 0 Å². The molecular formula is C29H25Br2N3O2. The van der Waals surface area contributed by atoms with E-state index in [-0.39, 0.29) is 4.95 Å². The molecule has 0 radical (unpaired) electrons. The van der Waals surface area contributed by atoms with Crippen LogP contribution in [-0.4, -0.2) is 22.3 Å². The molecule has 1 aliphatic rings. The molecule has 0 fully saturated rings. The van der Waals surface area contributed by atoms with Crippen molar-refractivity contribution in [2.24, 2.45) is 5.73 Å². The molecule has 1 aromatic heterocycles. The SMILES string of the molecule is NC(=O)c1ccc(Oc2ccc3c(c2)CCN(C(Br)c2ccccc2)C3)nc1Cc1cccc(Br)c1. The van der Waals surface area contributed by atoms with Gasteiger partial charge in [0, 0.05) is 30.0 Å². The van der Waals surface area contributed by atoms with Gasteiger partial charge in [-0.25, -0.2) is 4.98 Å². The lowest BCUT2D eigenvalue weighted by Crippen LogP contribution is -2.31. The van der Waals surface area contributed by atoms with Crippen LogP contribution in [0.25, 0.3) is 0 Å². The van der Waals surface area contributed by atoms with E-state index in [1.165, 1.54) is 16.7 Å². The van der Waals surface area contributed by atoms with Crippen LogP contribution >= 0.6 is 31.9 Å². The summed E-state index contributed by atoms with van der Waals surface area (Å²) in [6.45, 7) is 1.81. The number of nitrogens with two attached hydrogens (primary N) is 1. The van der Waals surface area contributed by atoms with Gasteiger partial charge in [0.15, 0.2) is 0 Å². The largest absolute Gasteiger partial charge is 0.439 e. The zero-order chi connectivity index (χ0) is 25.1. The third-order valence-corrected chi connectivity index (χ3v) is 7.91. The Kier molecular flexibility index (Phi) is 7.51. The van der Waals surface area contributed by atoms with Gasteiger partial charge >= 0.3 is 0 Å². The fourth-order valence-electron chi connectivity index (χ4n) is 4.49. The van der Waals surface area contributed by atoms with Crippen LogP contribution in [0, 0.1) is 0 Å². The summed E-state index contributed by atoms with van der Waals surface area (Å²) < 4.78 is 7.10. The third-order valence-electron chi connectivity index (χ3n) is 6.31. The predicted molar refractivity (Wildman–Crippen MR) is 148 cm³/mol. The topological polar surface area (TPSA) is 68.5 Å². The lowest BCUT2D eigenvalue weighted by molar-refractivity contribution is 0.0999. The number of carbonyl (C=O) groups is 1. The van der Waals surface area contributed by atoms with Gasteiger partial charge in [0.2, 0.25) is 5.88 Å². The van der Waals surface area contributed by atoms with Gasteiger partial charge in [-0.2, -0.15) is 0 Å². The minimum Gasteiger partial charge on any atom is -0.439 e. The van der Waals surface area contributed by atoms with Crippen molar-refractivity contribution in [3.63, 3.8) is 0 Å². The van der Waals surface area contributed by atoms with E-state index in [0.717, 1.165) is 35.3 Å². The van der Waals surface area contributed by atoms with Gasteiger partial charge in [-0.1, -0.05) is 80.4 Å². The standard InChI is InChI=1S/C29H25Br2N3O2/c30-23-8-4-5-19(15-23)16-26-25(29(32)35)11-12-27(33-26)36-24-10-9-22-18-34(14-13-21(22)17-24)28(31)20-6-2-1-3-7-20/h1-12,15,17,28H,13-14,16,18H2,(H2,32,35). The Hall–Kier alpha value is -3.00. The zero-order valence-corrected chi connectivity index (χ0v) is 22.7. The van der Waals surface area contributed by atoms with Crippen LogP contribution in [-0.2, 0) is 19.4 Å². The number of fused-ring (bicyclic) bond motifs is 1. The fraction of sp³-hybridized carbons (Fsp3) is 0.172. The molecule has 0 saturated heterocycles. The maximum atomic E-state index is 12.0. The summed E-state index contributed by atoms with van der Waals surface area (Å²) in [7, 11) is 0. The Morgan fingerprint density at radius 2 is 1.83 bits per heavy atom. The minimum atomic E-state index is -0.502. The number of ether oxygens (including phenoxy) is 1. The lowest BCUT2D eigenvalue weighted by atomic mass is 9.99. The molecule has 4 aromatic rings. The molecule has 2 N–H and O–H groups in total. The second-order valence-corrected chi connectivity index (χ2v) is 10.6. The molecule has 0 spiro atoms. The number of rotatable bonds is 7. The van der Waals surface area contributed by atoms with Crippen molar-refractivity contribution in [3.8, 4) is 11.6 Å². The molecule has 3 aromatic carbocycles. The second kappa shape index (κ2) is 10.9. The van der Waals surface area contributed by atoms with Crippen molar-refractivity contribution in [1.29, 1.82) is 0 Å². The monoisotopic (exact) mass is 605 g/mol. The second-order valence-electron chi connectivity index (χ2n) is 8.81. The third kappa shape index (κ3) is 5.69. The number of benzene rings is 3. The molecule has 1 atom stereocenters. The van der Waals surface area contributed by atoms with Crippen LogP contribution in [0.2, 0.25) is 0 Å². The molecule has 7 heteroatoms. The van der Waals surface area contributed by atoms with E-state index in [1.807, 2.05) is 36.4 Å². The Morgan fingerprint density at radius 1 is 1.00 bits per heavy atom. The number of halogens is 2. The zero-order valence-electron chi connectivity index (χ0n) is 19.5. The Labute approximate surface area is 227 Å². The van der Waals surface area contributed by atoms with E-state index in [2.05, 4.69) is 78.1 Å². The summed E-state index contributed by atoms with van der Waals surface area (Å²) in [5, 5.41) is 0. The highest BCUT2D eigenvalue weighted by atomic mass is 79.9.